The average molecular weight is 462 g/mol. The van der Waals surface area contributed by atoms with Crippen molar-refractivity contribution in [1.29, 1.82) is 10.8 Å². The Morgan fingerprint density at radius 2 is 1.94 bits per heavy atom. The molecule has 9 nitrogen and oxygen atoms in total. The van der Waals surface area contributed by atoms with Crippen molar-refractivity contribution in [3.8, 4) is 5.88 Å². The van der Waals surface area contributed by atoms with Crippen molar-refractivity contribution in [2.24, 2.45) is 7.05 Å². The van der Waals surface area contributed by atoms with E-state index in [2.05, 4.69) is 10.3 Å². The first kappa shape index (κ1) is 22.2. The van der Waals surface area contributed by atoms with Crippen LogP contribution in [-0.4, -0.2) is 40.0 Å². The Balaban J connectivity index is 1.60. The van der Waals surface area contributed by atoms with Crippen LogP contribution in [0.4, 0.5) is 5.69 Å². The van der Waals surface area contributed by atoms with E-state index in [0.29, 0.717) is 40.5 Å². The second-order valence-electron chi connectivity index (χ2n) is 7.32. The molecule has 0 bridgehead atoms. The minimum atomic E-state index is -0.324. The van der Waals surface area contributed by atoms with E-state index in [0.717, 1.165) is 21.0 Å². The number of rotatable bonds is 8. The molecule has 4 rings (SSSR count). The molecule has 0 aliphatic rings. The zero-order chi connectivity index (χ0) is 23.5. The molecule has 0 spiro atoms. The van der Waals surface area contributed by atoms with Crippen LogP contribution in [0.1, 0.15) is 37.9 Å². The summed E-state index contributed by atoms with van der Waals surface area (Å²) in [7, 11) is 3.34. The van der Waals surface area contributed by atoms with Gasteiger partial charge in [-0.1, -0.05) is 18.2 Å². The molecule has 1 aromatic carbocycles. The van der Waals surface area contributed by atoms with Crippen LogP contribution in [0, 0.1) is 10.8 Å². The van der Waals surface area contributed by atoms with Gasteiger partial charge in [-0.3, -0.25) is 4.79 Å². The Hall–Kier alpha value is -4.05. The predicted molar refractivity (Wildman–Crippen MR) is 130 cm³/mol. The molecule has 0 atom stereocenters. The standard InChI is InChI=1S/C23H23N7O2S/c1-30-20(23(31)27-12-13-5-3-7-17(26)15(13)10-24)16(11-25)21-22(30)29-19(33-21)9-14-6-4-8-18(28-14)32-2/h3-8,10-11,24-25H,9,12,26H2,1-2H3,(H,27,31). The highest BCUT2D eigenvalue weighted by Gasteiger charge is 2.23. The lowest BCUT2D eigenvalue weighted by Gasteiger charge is -2.11. The summed E-state index contributed by atoms with van der Waals surface area (Å²) in [6.45, 7) is 0.213. The number of methoxy groups -OCH3 is 1. The fourth-order valence-corrected chi connectivity index (χ4v) is 4.81. The molecule has 0 saturated carbocycles. The summed E-state index contributed by atoms with van der Waals surface area (Å²) in [5.41, 5.74) is 10.1. The van der Waals surface area contributed by atoms with Crippen LogP contribution >= 0.6 is 11.3 Å². The van der Waals surface area contributed by atoms with E-state index in [4.69, 9.17) is 26.3 Å². The van der Waals surface area contributed by atoms with Gasteiger partial charge in [0.05, 0.1) is 17.5 Å². The maximum absolute atomic E-state index is 13.0. The molecule has 33 heavy (non-hydrogen) atoms. The smallest absolute Gasteiger partial charge is 0.268 e. The van der Waals surface area contributed by atoms with Crippen LogP contribution < -0.4 is 15.8 Å². The summed E-state index contributed by atoms with van der Waals surface area (Å²) in [5, 5.41) is 19.2. The van der Waals surface area contributed by atoms with E-state index < -0.39 is 0 Å². The number of fused-ring (bicyclic) bond motifs is 1. The Labute approximate surface area is 194 Å². The largest absolute Gasteiger partial charge is 0.481 e. The Morgan fingerprint density at radius 3 is 2.67 bits per heavy atom. The monoisotopic (exact) mass is 461 g/mol. The molecule has 168 valence electrons. The number of carbonyl (C=O) groups is 1. The van der Waals surface area contributed by atoms with Crippen molar-refractivity contribution >= 4 is 45.7 Å². The van der Waals surface area contributed by atoms with E-state index in [9.17, 15) is 4.79 Å². The van der Waals surface area contributed by atoms with Crippen molar-refractivity contribution in [3.63, 3.8) is 0 Å². The topological polar surface area (TPSA) is 143 Å². The van der Waals surface area contributed by atoms with Gasteiger partial charge in [0.2, 0.25) is 5.88 Å². The Morgan fingerprint density at radius 1 is 1.18 bits per heavy atom. The molecule has 0 aliphatic heterocycles. The second kappa shape index (κ2) is 9.21. The normalized spacial score (nSPS) is 10.8. The number of pyridine rings is 1. The number of nitrogens with two attached hydrogens (primary N) is 1. The summed E-state index contributed by atoms with van der Waals surface area (Å²) >= 11 is 1.44. The number of hydrogen-bond acceptors (Lipinski definition) is 8. The molecule has 0 aliphatic carbocycles. The van der Waals surface area contributed by atoms with E-state index >= 15 is 0 Å². The van der Waals surface area contributed by atoms with Crippen molar-refractivity contribution in [2.45, 2.75) is 13.0 Å². The van der Waals surface area contributed by atoms with Gasteiger partial charge in [0.25, 0.3) is 5.91 Å². The van der Waals surface area contributed by atoms with Gasteiger partial charge in [-0.2, -0.15) is 0 Å². The van der Waals surface area contributed by atoms with Gasteiger partial charge in [-0.15, -0.1) is 11.3 Å². The van der Waals surface area contributed by atoms with Crippen LogP contribution in [0.3, 0.4) is 0 Å². The van der Waals surface area contributed by atoms with Gasteiger partial charge < -0.3 is 31.2 Å². The van der Waals surface area contributed by atoms with Gasteiger partial charge in [-0.05, 0) is 17.7 Å². The maximum atomic E-state index is 13.0. The van der Waals surface area contributed by atoms with Crippen LogP contribution in [0.2, 0.25) is 0 Å². The quantitative estimate of drug-likeness (QED) is 0.235. The summed E-state index contributed by atoms with van der Waals surface area (Å²) in [4.78, 5) is 22.2. The SMILES string of the molecule is COc1cccc(Cc2nc3c(s2)c(C=N)c(C(=O)NCc2cccc(N)c2C=N)n3C)n1. The van der Waals surface area contributed by atoms with Gasteiger partial charge in [0.1, 0.15) is 10.7 Å². The van der Waals surface area contributed by atoms with E-state index in [-0.39, 0.29) is 12.5 Å². The van der Waals surface area contributed by atoms with Crippen LogP contribution in [0.25, 0.3) is 10.3 Å². The molecule has 0 fully saturated rings. The van der Waals surface area contributed by atoms with Gasteiger partial charge in [0, 0.05) is 55.3 Å². The summed E-state index contributed by atoms with van der Waals surface area (Å²) in [6.07, 6.45) is 2.89. The highest BCUT2D eigenvalue weighted by atomic mass is 32.1. The molecular weight excluding hydrogens is 438 g/mol. The summed E-state index contributed by atoms with van der Waals surface area (Å²) in [6, 6.07) is 10.9. The molecular formula is C23H23N7O2S. The van der Waals surface area contributed by atoms with E-state index in [1.165, 1.54) is 23.8 Å². The molecule has 0 saturated heterocycles. The first-order chi connectivity index (χ1) is 16.0. The number of carbonyl (C=O) groups excluding carboxylic acids is 1. The number of amides is 1. The number of aromatic nitrogens is 3. The number of thiazole rings is 1. The maximum Gasteiger partial charge on any atom is 0.268 e. The number of anilines is 1. The number of aryl methyl sites for hydroxylation is 1. The average Bonchev–Trinajstić information content (AvgIpc) is 3.34. The van der Waals surface area contributed by atoms with Crippen LogP contribution in [-0.2, 0) is 20.0 Å². The van der Waals surface area contributed by atoms with Crippen LogP contribution in [0.5, 0.6) is 5.88 Å². The number of ether oxygens (including phenoxy) is 1. The Bertz CT molecular complexity index is 1370. The molecule has 0 radical (unpaired) electrons. The number of nitrogens with one attached hydrogen (secondary N) is 3. The minimum Gasteiger partial charge on any atom is -0.481 e. The highest BCUT2D eigenvalue weighted by molar-refractivity contribution is 7.19. The summed E-state index contributed by atoms with van der Waals surface area (Å²) in [5.74, 6) is 0.217. The first-order valence-corrected chi connectivity index (χ1v) is 10.9. The molecule has 3 aromatic heterocycles. The fourth-order valence-electron chi connectivity index (χ4n) is 3.68. The number of nitrogen functional groups attached to an aromatic ring is 1. The van der Waals surface area contributed by atoms with E-state index in [1.54, 1.807) is 36.9 Å². The third-order valence-electron chi connectivity index (χ3n) is 5.30. The third-order valence-corrected chi connectivity index (χ3v) is 6.38. The van der Waals surface area contributed by atoms with Crippen molar-refractivity contribution in [2.75, 3.05) is 12.8 Å². The first-order valence-electron chi connectivity index (χ1n) is 10.1. The van der Waals surface area contributed by atoms with Crippen molar-refractivity contribution in [3.05, 3.63) is 69.5 Å². The lowest BCUT2D eigenvalue weighted by molar-refractivity contribution is 0.0943. The third kappa shape index (κ3) is 4.20. The van der Waals surface area contributed by atoms with Crippen LogP contribution in [0.15, 0.2) is 36.4 Å². The van der Waals surface area contributed by atoms with Gasteiger partial charge >= 0.3 is 0 Å². The lowest BCUT2D eigenvalue weighted by atomic mass is 10.1. The second-order valence-corrected chi connectivity index (χ2v) is 8.40. The number of benzene rings is 1. The van der Waals surface area contributed by atoms with Crippen molar-refractivity contribution in [1.82, 2.24) is 19.9 Å². The predicted octanol–water partition coefficient (Wildman–Crippen LogP) is 3.14. The van der Waals surface area contributed by atoms with Gasteiger partial charge in [-0.25, -0.2) is 9.97 Å². The highest BCUT2D eigenvalue weighted by Crippen LogP contribution is 2.31. The fraction of sp³-hybridized carbons (Fsp3) is 0.174. The van der Waals surface area contributed by atoms with Gasteiger partial charge in [0.15, 0.2) is 5.65 Å². The Kier molecular flexibility index (Phi) is 6.18. The van der Waals surface area contributed by atoms with E-state index in [1.807, 2.05) is 18.2 Å². The lowest BCUT2D eigenvalue weighted by Crippen LogP contribution is -2.26. The zero-order valence-electron chi connectivity index (χ0n) is 18.2. The molecule has 1 amide bonds. The number of hydrogen-bond donors (Lipinski definition) is 4. The molecule has 10 heteroatoms. The molecule has 0 unspecified atom stereocenters. The minimum absolute atomic E-state index is 0.213. The summed E-state index contributed by atoms with van der Waals surface area (Å²) < 4.78 is 7.67. The molecule has 4 aromatic rings. The number of nitrogens with zero attached hydrogens (tertiary/aromatic N) is 3. The molecule has 3 heterocycles. The zero-order valence-corrected chi connectivity index (χ0v) is 19.0. The van der Waals surface area contributed by atoms with Crippen molar-refractivity contribution < 1.29 is 9.53 Å². The molecule has 5 N–H and O–H groups in total.